The normalized spacial score (nSPS) is 14.1. The Bertz CT molecular complexity index is 1040. The van der Waals surface area contributed by atoms with Gasteiger partial charge in [0.1, 0.15) is 29.5 Å². The van der Waals surface area contributed by atoms with Gasteiger partial charge in [0.25, 0.3) is 5.91 Å². The second kappa shape index (κ2) is 8.89. The first kappa shape index (κ1) is 20.4. The molecule has 3 heterocycles. The van der Waals surface area contributed by atoms with Crippen molar-refractivity contribution in [2.24, 2.45) is 0 Å². The maximum absolute atomic E-state index is 12.5. The van der Waals surface area contributed by atoms with E-state index in [9.17, 15) is 4.79 Å². The number of carbonyl (C=O) groups excluding carboxylic acids is 1. The van der Waals surface area contributed by atoms with Gasteiger partial charge in [0, 0.05) is 49.7 Å². The van der Waals surface area contributed by atoms with E-state index >= 15 is 0 Å². The molecule has 0 aliphatic carbocycles. The van der Waals surface area contributed by atoms with E-state index < -0.39 is 0 Å². The van der Waals surface area contributed by atoms with Gasteiger partial charge < -0.3 is 14.5 Å². The van der Waals surface area contributed by atoms with Gasteiger partial charge >= 0.3 is 0 Å². The SMILES string of the molecule is Cc1nc(N2CCN(C(=O)COc3ccc(Cl)cc3Cl)CC2)cc(-n2ccnc2)n1. The van der Waals surface area contributed by atoms with E-state index in [1.807, 2.05) is 23.8 Å². The van der Waals surface area contributed by atoms with Crippen molar-refractivity contribution in [2.45, 2.75) is 6.92 Å². The molecule has 0 saturated carbocycles. The number of nitrogens with zero attached hydrogens (tertiary/aromatic N) is 6. The molecule has 10 heteroatoms. The average Bonchev–Trinajstić information content (AvgIpc) is 3.28. The zero-order valence-electron chi connectivity index (χ0n) is 16.3. The van der Waals surface area contributed by atoms with Crippen molar-refractivity contribution in [3.8, 4) is 11.6 Å². The molecule has 1 saturated heterocycles. The zero-order valence-corrected chi connectivity index (χ0v) is 17.8. The molecular formula is C20H20Cl2N6O2. The summed E-state index contributed by atoms with van der Waals surface area (Å²) < 4.78 is 7.41. The third kappa shape index (κ3) is 4.66. The highest BCUT2D eigenvalue weighted by molar-refractivity contribution is 6.35. The highest BCUT2D eigenvalue weighted by Gasteiger charge is 2.23. The number of anilines is 1. The summed E-state index contributed by atoms with van der Waals surface area (Å²) in [6, 6.07) is 6.85. The third-order valence-electron chi connectivity index (χ3n) is 4.78. The Hall–Kier alpha value is -2.84. The molecule has 1 aliphatic heterocycles. The number of carbonyl (C=O) groups is 1. The summed E-state index contributed by atoms with van der Waals surface area (Å²) in [6.45, 7) is 4.31. The van der Waals surface area contributed by atoms with Crippen LogP contribution in [-0.2, 0) is 4.79 Å². The Morgan fingerprint density at radius 3 is 2.57 bits per heavy atom. The fourth-order valence-electron chi connectivity index (χ4n) is 3.23. The van der Waals surface area contributed by atoms with E-state index in [2.05, 4.69) is 19.9 Å². The number of benzene rings is 1. The molecular weight excluding hydrogens is 427 g/mol. The zero-order chi connectivity index (χ0) is 21.1. The molecule has 0 spiro atoms. The summed E-state index contributed by atoms with van der Waals surface area (Å²) in [5.74, 6) is 2.64. The maximum Gasteiger partial charge on any atom is 0.260 e. The van der Waals surface area contributed by atoms with E-state index in [1.54, 1.807) is 35.6 Å². The molecule has 2 aromatic heterocycles. The average molecular weight is 447 g/mol. The highest BCUT2D eigenvalue weighted by Crippen LogP contribution is 2.27. The van der Waals surface area contributed by atoms with E-state index in [-0.39, 0.29) is 12.5 Å². The van der Waals surface area contributed by atoms with Gasteiger partial charge in [-0.1, -0.05) is 23.2 Å². The fourth-order valence-corrected chi connectivity index (χ4v) is 3.70. The third-order valence-corrected chi connectivity index (χ3v) is 5.31. The van der Waals surface area contributed by atoms with E-state index in [0.717, 1.165) is 11.6 Å². The summed E-state index contributed by atoms with van der Waals surface area (Å²) >= 11 is 12.0. The summed E-state index contributed by atoms with van der Waals surface area (Å²) in [7, 11) is 0. The molecule has 1 aliphatic rings. The molecule has 0 bridgehead atoms. The Kier molecular flexibility index (Phi) is 6.06. The summed E-state index contributed by atoms with van der Waals surface area (Å²) in [5, 5.41) is 0.902. The number of halogens is 2. The molecule has 0 atom stereocenters. The van der Waals surface area contributed by atoms with Crippen molar-refractivity contribution in [3.63, 3.8) is 0 Å². The van der Waals surface area contributed by atoms with Gasteiger partial charge in [0.05, 0.1) is 5.02 Å². The number of aryl methyl sites for hydroxylation is 1. The van der Waals surface area contributed by atoms with Crippen molar-refractivity contribution in [2.75, 3.05) is 37.7 Å². The summed E-state index contributed by atoms with van der Waals surface area (Å²) in [6.07, 6.45) is 5.25. The standard InChI is InChI=1S/C20H20Cl2N6O2/c1-14-24-18(11-19(25-14)28-5-4-23-13-28)26-6-8-27(9-7-26)20(29)12-30-17-3-2-15(21)10-16(17)22/h2-5,10-11,13H,6-9,12H2,1H3. The Balaban J connectivity index is 1.35. The quantitative estimate of drug-likeness (QED) is 0.599. The molecule has 0 unspecified atom stereocenters. The summed E-state index contributed by atoms with van der Waals surface area (Å²) in [4.78, 5) is 29.6. The molecule has 1 aromatic carbocycles. The molecule has 1 amide bonds. The molecule has 8 nitrogen and oxygen atoms in total. The summed E-state index contributed by atoms with van der Waals surface area (Å²) in [5.41, 5.74) is 0. The van der Waals surface area contributed by atoms with Gasteiger partial charge in [-0.15, -0.1) is 0 Å². The second-order valence-corrected chi connectivity index (χ2v) is 7.68. The number of aromatic nitrogens is 4. The van der Waals surface area contributed by atoms with Crippen molar-refractivity contribution in [3.05, 3.63) is 58.9 Å². The monoisotopic (exact) mass is 446 g/mol. The van der Waals surface area contributed by atoms with Crippen molar-refractivity contribution in [1.82, 2.24) is 24.4 Å². The lowest BCUT2D eigenvalue weighted by molar-refractivity contribution is -0.133. The van der Waals surface area contributed by atoms with Crippen molar-refractivity contribution < 1.29 is 9.53 Å². The van der Waals surface area contributed by atoms with Gasteiger partial charge in [-0.2, -0.15) is 0 Å². The number of ether oxygens (including phenoxy) is 1. The van der Waals surface area contributed by atoms with Crippen LogP contribution in [0.15, 0.2) is 43.0 Å². The first-order chi connectivity index (χ1) is 14.5. The first-order valence-corrected chi connectivity index (χ1v) is 10.2. The lowest BCUT2D eigenvalue weighted by Gasteiger charge is -2.35. The number of imidazole rings is 1. The highest BCUT2D eigenvalue weighted by atomic mass is 35.5. The van der Waals surface area contributed by atoms with Crippen LogP contribution in [0.5, 0.6) is 5.75 Å². The minimum Gasteiger partial charge on any atom is -0.482 e. The largest absolute Gasteiger partial charge is 0.482 e. The van der Waals surface area contributed by atoms with Gasteiger partial charge in [0.15, 0.2) is 6.61 Å². The lowest BCUT2D eigenvalue weighted by atomic mass is 10.3. The molecule has 0 N–H and O–H groups in total. The second-order valence-electron chi connectivity index (χ2n) is 6.83. The van der Waals surface area contributed by atoms with Gasteiger partial charge in [0.2, 0.25) is 0 Å². The van der Waals surface area contributed by atoms with Crippen LogP contribution in [0.1, 0.15) is 5.82 Å². The Labute approximate surface area is 184 Å². The molecule has 0 radical (unpaired) electrons. The Morgan fingerprint density at radius 1 is 1.10 bits per heavy atom. The van der Waals surface area contributed by atoms with Crippen LogP contribution in [-0.4, -0.2) is 63.1 Å². The minimum absolute atomic E-state index is 0.0707. The molecule has 3 aromatic rings. The molecule has 30 heavy (non-hydrogen) atoms. The lowest BCUT2D eigenvalue weighted by Crippen LogP contribution is -2.50. The minimum atomic E-state index is -0.0846. The number of hydrogen-bond donors (Lipinski definition) is 0. The van der Waals surface area contributed by atoms with Crippen LogP contribution in [0.3, 0.4) is 0 Å². The number of amides is 1. The van der Waals surface area contributed by atoms with Crippen LogP contribution in [0.25, 0.3) is 5.82 Å². The topological polar surface area (TPSA) is 76.4 Å². The predicted molar refractivity (Wildman–Crippen MR) is 115 cm³/mol. The van der Waals surface area contributed by atoms with Gasteiger partial charge in [-0.25, -0.2) is 15.0 Å². The number of hydrogen-bond acceptors (Lipinski definition) is 6. The maximum atomic E-state index is 12.5. The first-order valence-electron chi connectivity index (χ1n) is 9.44. The smallest absolute Gasteiger partial charge is 0.260 e. The molecule has 156 valence electrons. The number of piperazine rings is 1. The van der Waals surface area contributed by atoms with E-state index in [0.29, 0.717) is 47.8 Å². The van der Waals surface area contributed by atoms with Crippen LogP contribution >= 0.6 is 23.2 Å². The van der Waals surface area contributed by atoms with Crippen LogP contribution in [0.4, 0.5) is 5.82 Å². The molecule has 1 fully saturated rings. The van der Waals surface area contributed by atoms with Gasteiger partial charge in [-0.3, -0.25) is 9.36 Å². The van der Waals surface area contributed by atoms with E-state index in [1.165, 1.54) is 0 Å². The van der Waals surface area contributed by atoms with Crippen molar-refractivity contribution in [1.29, 1.82) is 0 Å². The van der Waals surface area contributed by atoms with Crippen LogP contribution in [0.2, 0.25) is 10.0 Å². The molecule has 4 rings (SSSR count). The predicted octanol–water partition coefficient (Wildman–Crippen LogP) is 3.01. The Morgan fingerprint density at radius 2 is 1.87 bits per heavy atom. The van der Waals surface area contributed by atoms with Crippen LogP contribution in [0, 0.1) is 6.92 Å². The van der Waals surface area contributed by atoms with E-state index in [4.69, 9.17) is 27.9 Å². The van der Waals surface area contributed by atoms with Crippen LogP contribution < -0.4 is 9.64 Å². The fraction of sp³-hybridized carbons (Fsp3) is 0.300. The number of rotatable bonds is 5. The van der Waals surface area contributed by atoms with Gasteiger partial charge in [-0.05, 0) is 25.1 Å². The van der Waals surface area contributed by atoms with Crippen molar-refractivity contribution >= 4 is 34.9 Å².